The number of hydrogen-bond acceptors (Lipinski definition) is 2. The van der Waals surface area contributed by atoms with Crippen molar-refractivity contribution in [2.24, 2.45) is 0 Å². The van der Waals surface area contributed by atoms with Crippen LogP contribution in [-0.4, -0.2) is 23.0 Å². The van der Waals surface area contributed by atoms with Crippen LogP contribution in [-0.2, 0) is 4.79 Å². The van der Waals surface area contributed by atoms with E-state index in [1.807, 2.05) is 0 Å². The van der Waals surface area contributed by atoms with Crippen LogP contribution in [0.1, 0.15) is 16.8 Å². The quantitative estimate of drug-likeness (QED) is 0.766. The van der Waals surface area contributed by atoms with Gasteiger partial charge >= 0.3 is 5.97 Å². The summed E-state index contributed by atoms with van der Waals surface area (Å²) in [6.07, 6.45) is 4.85. The van der Waals surface area contributed by atoms with Gasteiger partial charge in [0, 0.05) is 12.0 Å². The smallest absolute Gasteiger partial charge is 0.327 e. The van der Waals surface area contributed by atoms with Crippen molar-refractivity contribution in [3.8, 4) is 12.3 Å². The number of amides is 1. The van der Waals surface area contributed by atoms with Gasteiger partial charge in [-0.15, -0.1) is 12.3 Å². The highest BCUT2D eigenvalue weighted by molar-refractivity contribution is 5.96. The third-order valence-electron chi connectivity index (χ3n) is 2.01. The number of benzene rings is 1. The molecule has 0 saturated carbocycles. The molecule has 1 aromatic carbocycles. The molecule has 0 aliphatic heterocycles. The van der Waals surface area contributed by atoms with Crippen LogP contribution in [0.2, 0.25) is 0 Å². The third kappa shape index (κ3) is 3.61. The molecule has 1 atom stereocenters. The summed E-state index contributed by atoms with van der Waals surface area (Å²) in [6, 6.07) is 3.78. The maximum Gasteiger partial charge on any atom is 0.327 e. The maximum atomic E-state index is 12.8. The second kappa shape index (κ2) is 5.66. The van der Waals surface area contributed by atoms with Gasteiger partial charge in [0.15, 0.2) is 0 Å². The van der Waals surface area contributed by atoms with E-state index in [0.29, 0.717) is 0 Å². The zero-order chi connectivity index (χ0) is 12.8. The van der Waals surface area contributed by atoms with Crippen LogP contribution in [0.4, 0.5) is 4.39 Å². The Labute approximate surface area is 97.5 Å². The number of rotatable bonds is 4. The second-order valence-corrected chi connectivity index (χ2v) is 3.28. The standard InChI is InChI=1S/C12H10FNO3/c1-2-4-10(12(16)17)14-11(15)8-5-3-6-9(13)7-8/h1,3,5-7,10H,4H2,(H,14,15)(H,16,17)/t10-/m0/s1. The van der Waals surface area contributed by atoms with Gasteiger partial charge in [0.25, 0.3) is 5.91 Å². The second-order valence-electron chi connectivity index (χ2n) is 3.28. The van der Waals surface area contributed by atoms with Crippen molar-refractivity contribution >= 4 is 11.9 Å². The fourth-order valence-electron chi connectivity index (χ4n) is 1.19. The van der Waals surface area contributed by atoms with E-state index in [0.717, 1.165) is 6.07 Å². The minimum Gasteiger partial charge on any atom is -0.480 e. The molecule has 5 heteroatoms. The van der Waals surface area contributed by atoms with Crippen LogP contribution < -0.4 is 5.32 Å². The summed E-state index contributed by atoms with van der Waals surface area (Å²) in [4.78, 5) is 22.3. The fourth-order valence-corrected chi connectivity index (χ4v) is 1.19. The Bertz CT molecular complexity index is 479. The summed E-state index contributed by atoms with van der Waals surface area (Å²) in [5, 5.41) is 11.0. The maximum absolute atomic E-state index is 12.8. The molecule has 0 fully saturated rings. The molecule has 0 spiro atoms. The Kier molecular flexibility index (Phi) is 4.23. The lowest BCUT2D eigenvalue weighted by atomic mass is 10.1. The molecule has 17 heavy (non-hydrogen) atoms. The molecule has 88 valence electrons. The van der Waals surface area contributed by atoms with Crippen LogP contribution in [0.25, 0.3) is 0 Å². The first-order valence-corrected chi connectivity index (χ1v) is 4.77. The van der Waals surface area contributed by atoms with Crippen LogP contribution >= 0.6 is 0 Å². The summed E-state index contributed by atoms with van der Waals surface area (Å²) in [7, 11) is 0. The molecule has 0 aliphatic carbocycles. The van der Waals surface area contributed by atoms with Crippen molar-refractivity contribution < 1.29 is 19.1 Å². The Balaban J connectivity index is 2.78. The number of carbonyl (C=O) groups is 2. The molecule has 0 unspecified atom stereocenters. The van der Waals surface area contributed by atoms with Crippen molar-refractivity contribution in [1.82, 2.24) is 5.32 Å². The Morgan fingerprint density at radius 1 is 1.53 bits per heavy atom. The molecule has 0 bridgehead atoms. The number of hydrogen-bond donors (Lipinski definition) is 2. The number of terminal acetylenes is 1. The van der Waals surface area contributed by atoms with E-state index in [4.69, 9.17) is 11.5 Å². The first kappa shape index (κ1) is 12.7. The Morgan fingerprint density at radius 2 is 2.24 bits per heavy atom. The van der Waals surface area contributed by atoms with E-state index >= 15 is 0 Å². The summed E-state index contributed by atoms with van der Waals surface area (Å²) in [5.41, 5.74) is 0.0493. The van der Waals surface area contributed by atoms with Gasteiger partial charge in [-0.25, -0.2) is 9.18 Å². The number of carboxylic acid groups (broad SMARTS) is 1. The number of halogens is 1. The molecule has 0 aliphatic rings. The molecule has 0 aromatic heterocycles. The lowest BCUT2D eigenvalue weighted by Gasteiger charge is -2.11. The van der Waals surface area contributed by atoms with Gasteiger partial charge in [-0.05, 0) is 18.2 Å². The molecular formula is C12H10FNO3. The van der Waals surface area contributed by atoms with Crippen molar-refractivity contribution in [2.45, 2.75) is 12.5 Å². The predicted molar refractivity (Wildman–Crippen MR) is 58.7 cm³/mol. The summed E-state index contributed by atoms with van der Waals surface area (Å²) in [5.74, 6) is -0.323. The zero-order valence-corrected chi connectivity index (χ0v) is 8.81. The number of carboxylic acids is 1. The summed E-state index contributed by atoms with van der Waals surface area (Å²) < 4.78 is 12.8. The first-order chi connectivity index (χ1) is 8.04. The van der Waals surface area contributed by atoms with E-state index in [9.17, 15) is 14.0 Å². The van der Waals surface area contributed by atoms with E-state index in [1.54, 1.807) is 0 Å². The zero-order valence-electron chi connectivity index (χ0n) is 8.81. The first-order valence-electron chi connectivity index (χ1n) is 4.77. The highest BCUT2D eigenvalue weighted by Gasteiger charge is 2.19. The number of carbonyl (C=O) groups excluding carboxylic acids is 1. The lowest BCUT2D eigenvalue weighted by molar-refractivity contribution is -0.139. The highest BCUT2D eigenvalue weighted by atomic mass is 19.1. The predicted octanol–water partition coefficient (Wildman–Crippen LogP) is 1.03. The fraction of sp³-hybridized carbons (Fsp3) is 0.167. The molecular weight excluding hydrogens is 225 g/mol. The van der Waals surface area contributed by atoms with Crippen LogP contribution in [0, 0.1) is 18.2 Å². The topological polar surface area (TPSA) is 66.4 Å². The van der Waals surface area contributed by atoms with E-state index < -0.39 is 23.7 Å². The normalized spacial score (nSPS) is 11.3. The van der Waals surface area contributed by atoms with Crippen molar-refractivity contribution in [2.75, 3.05) is 0 Å². The molecule has 0 radical (unpaired) electrons. The van der Waals surface area contributed by atoms with E-state index in [-0.39, 0.29) is 12.0 Å². The van der Waals surface area contributed by atoms with Crippen LogP contribution in [0.5, 0.6) is 0 Å². The van der Waals surface area contributed by atoms with Gasteiger partial charge in [-0.2, -0.15) is 0 Å². The molecule has 0 saturated heterocycles. The SMILES string of the molecule is C#CC[C@H](NC(=O)c1cccc(F)c1)C(=O)O. The molecule has 4 nitrogen and oxygen atoms in total. The summed E-state index contributed by atoms with van der Waals surface area (Å²) >= 11 is 0. The Hall–Kier alpha value is -2.35. The van der Waals surface area contributed by atoms with E-state index in [2.05, 4.69) is 11.2 Å². The van der Waals surface area contributed by atoms with Crippen molar-refractivity contribution in [1.29, 1.82) is 0 Å². The monoisotopic (exact) mass is 235 g/mol. The van der Waals surface area contributed by atoms with Crippen LogP contribution in [0.3, 0.4) is 0 Å². The highest BCUT2D eigenvalue weighted by Crippen LogP contribution is 2.04. The minimum absolute atomic E-state index is 0.0493. The largest absolute Gasteiger partial charge is 0.480 e. The average Bonchev–Trinajstić information content (AvgIpc) is 2.28. The van der Waals surface area contributed by atoms with Gasteiger partial charge < -0.3 is 10.4 Å². The van der Waals surface area contributed by atoms with Crippen LogP contribution in [0.15, 0.2) is 24.3 Å². The third-order valence-corrected chi connectivity index (χ3v) is 2.01. The van der Waals surface area contributed by atoms with Crippen molar-refractivity contribution in [3.05, 3.63) is 35.6 Å². The molecule has 1 aromatic rings. The van der Waals surface area contributed by atoms with Gasteiger partial charge in [-0.3, -0.25) is 4.79 Å². The summed E-state index contributed by atoms with van der Waals surface area (Å²) in [6.45, 7) is 0. The van der Waals surface area contributed by atoms with Gasteiger partial charge in [0.1, 0.15) is 11.9 Å². The van der Waals surface area contributed by atoms with Gasteiger partial charge in [-0.1, -0.05) is 6.07 Å². The van der Waals surface area contributed by atoms with Gasteiger partial charge in [0.2, 0.25) is 0 Å². The van der Waals surface area contributed by atoms with Gasteiger partial charge in [0.05, 0.1) is 0 Å². The molecule has 0 heterocycles. The Morgan fingerprint density at radius 3 is 2.76 bits per heavy atom. The minimum atomic E-state index is -1.23. The average molecular weight is 235 g/mol. The molecule has 1 amide bonds. The van der Waals surface area contributed by atoms with Crippen molar-refractivity contribution in [3.63, 3.8) is 0 Å². The van der Waals surface area contributed by atoms with E-state index in [1.165, 1.54) is 18.2 Å². The molecule has 1 rings (SSSR count). The number of nitrogens with one attached hydrogen (secondary N) is 1. The molecule has 2 N–H and O–H groups in total. The number of aliphatic carboxylic acids is 1. The lowest BCUT2D eigenvalue weighted by Crippen LogP contribution is -2.40.